The van der Waals surface area contributed by atoms with Crippen molar-refractivity contribution in [3.8, 4) is 0 Å². The lowest BCUT2D eigenvalue weighted by molar-refractivity contribution is -0.120. The third-order valence-corrected chi connectivity index (χ3v) is 6.80. The van der Waals surface area contributed by atoms with Crippen molar-refractivity contribution in [3.05, 3.63) is 23.8 Å². The summed E-state index contributed by atoms with van der Waals surface area (Å²) in [4.78, 5) is 14.4. The van der Waals surface area contributed by atoms with Crippen molar-refractivity contribution in [2.75, 3.05) is 24.5 Å². The van der Waals surface area contributed by atoms with E-state index in [2.05, 4.69) is 0 Å². The molecule has 0 unspecified atom stereocenters. The maximum Gasteiger partial charge on any atom is 0.243 e. The topological polar surface area (TPSA) is 57.7 Å². The molecule has 0 aromatic heterocycles. The number of hydrogen-bond acceptors (Lipinski definition) is 3. The van der Waals surface area contributed by atoms with Crippen LogP contribution >= 0.6 is 0 Å². The van der Waals surface area contributed by atoms with E-state index in [0.717, 1.165) is 24.1 Å². The molecular formula is C17H24N2O3S. The Morgan fingerprint density at radius 3 is 2.43 bits per heavy atom. The molecule has 3 rings (SSSR count). The van der Waals surface area contributed by atoms with E-state index in [4.69, 9.17) is 0 Å². The first kappa shape index (κ1) is 16.5. The second-order valence-corrected chi connectivity index (χ2v) is 8.93. The molecule has 1 aromatic rings. The Hall–Kier alpha value is -1.40. The molecule has 5 nitrogen and oxygen atoms in total. The van der Waals surface area contributed by atoms with Gasteiger partial charge in [0.05, 0.1) is 4.90 Å². The molecule has 2 aliphatic rings. The first-order valence-electron chi connectivity index (χ1n) is 8.22. The Morgan fingerprint density at radius 1 is 1.17 bits per heavy atom. The molecule has 2 heterocycles. The molecule has 0 radical (unpaired) electrons. The first-order chi connectivity index (χ1) is 10.8. The van der Waals surface area contributed by atoms with Crippen LogP contribution in [0.25, 0.3) is 0 Å². The molecule has 0 N–H and O–H groups in total. The Morgan fingerprint density at radius 2 is 1.83 bits per heavy atom. The van der Waals surface area contributed by atoms with Gasteiger partial charge in [-0.1, -0.05) is 13.8 Å². The number of rotatable bonds is 3. The SMILES string of the molecule is CCN1C(=O)CC(C)(C)c2cc(S(=O)(=O)N3CCCC3)ccc21. The molecule has 0 saturated carbocycles. The second kappa shape index (κ2) is 5.60. The molecule has 1 fully saturated rings. The summed E-state index contributed by atoms with van der Waals surface area (Å²) >= 11 is 0. The van der Waals surface area contributed by atoms with E-state index in [1.54, 1.807) is 27.4 Å². The minimum Gasteiger partial charge on any atom is -0.312 e. The molecular weight excluding hydrogens is 312 g/mol. The summed E-state index contributed by atoms with van der Waals surface area (Å²) in [6.45, 7) is 7.74. The van der Waals surface area contributed by atoms with Gasteiger partial charge < -0.3 is 4.90 Å². The Bertz CT molecular complexity index is 734. The van der Waals surface area contributed by atoms with Crippen LogP contribution in [0.4, 0.5) is 5.69 Å². The van der Waals surface area contributed by atoms with Gasteiger partial charge in [-0.25, -0.2) is 8.42 Å². The van der Waals surface area contributed by atoms with Crippen molar-refractivity contribution < 1.29 is 13.2 Å². The molecule has 0 bridgehead atoms. The van der Waals surface area contributed by atoms with Gasteiger partial charge in [-0.05, 0) is 43.5 Å². The molecule has 126 valence electrons. The normalized spacial score (nSPS) is 21.5. The second-order valence-electron chi connectivity index (χ2n) is 6.99. The van der Waals surface area contributed by atoms with Crippen molar-refractivity contribution in [2.24, 2.45) is 0 Å². The van der Waals surface area contributed by atoms with Crippen LogP contribution in [0, 0.1) is 0 Å². The summed E-state index contributed by atoms with van der Waals surface area (Å²) in [5.41, 5.74) is 1.43. The van der Waals surface area contributed by atoms with Crippen molar-refractivity contribution in [3.63, 3.8) is 0 Å². The predicted octanol–water partition coefficient (Wildman–Crippen LogP) is 2.51. The zero-order chi connectivity index (χ0) is 16.8. The molecule has 0 atom stereocenters. The Balaban J connectivity index is 2.09. The molecule has 1 aromatic carbocycles. The summed E-state index contributed by atoms with van der Waals surface area (Å²) < 4.78 is 27.1. The minimum atomic E-state index is -3.43. The number of hydrogen-bond donors (Lipinski definition) is 0. The van der Waals surface area contributed by atoms with E-state index in [-0.39, 0.29) is 11.3 Å². The van der Waals surface area contributed by atoms with Crippen LogP contribution in [0.2, 0.25) is 0 Å². The number of amides is 1. The summed E-state index contributed by atoms with van der Waals surface area (Å²) in [5.74, 6) is 0.0974. The van der Waals surface area contributed by atoms with Crippen LogP contribution in [0.3, 0.4) is 0 Å². The van der Waals surface area contributed by atoms with Crippen molar-refractivity contribution >= 4 is 21.6 Å². The van der Waals surface area contributed by atoms with E-state index in [1.807, 2.05) is 20.8 Å². The zero-order valence-corrected chi connectivity index (χ0v) is 14.8. The molecule has 0 spiro atoms. The third-order valence-electron chi connectivity index (χ3n) is 4.90. The van der Waals surface area contributed by atoms with Gasteiger partial charge in [0.25, 0.3) is 0 Å². The molecule has 0 aliphatic carbocycles. The van der Waals surface area contributed by atoms with Crippen LogP contribution < -0.4 is 4.90 Å². The van der Waals surface area contributed by atoms with E-state index in [0.29, 0.717) is 31.0 Å². The highest BCUT2D eigenvalue weighted by molar-refractivity contribution is 7.89. The van der Waals surface area contributed by atoms with Crippen LogP contribution in [0.15, 0.2) is 23.1 Å². The summed E-state index contributed by atoms with van der Waals surface area (Å²) in [6, 6.07) is 5.21. The monoisotopic (exact) mass is 336 g/mol. The number of sulfonamides is 1. The number of benzene rings is 1. The average Bonchev–Trinajstić information content (AvgIpc) is 3.01. The molecule has 2 aliphatic heterocycles. The van der Waals surface area contributed by atoms with Gasteiger partial charge in [0.2, 0.25) is 15.9 Å². The Kier molecular flexibility index (Phi) is 4.01. The van der Waals surface area contributed by atoms with Gasteiger partial charge in [0.15, 0.2) is 0 Å². The number of carbonyl (C=O) groups excluding carboxylic acids is 1. The van der Waals surface area contributed by atoms with E-state index < -0.39 is 10.0 Å². The van der Waals surface area contributed by atoms with Crippen LogP contribution in [0.5, 0.6) is 0 Å². The predicted molar refractivity (Wildman–Crippen MR) is 90.1 cm³/mol. The minimum absolute atomic E-state index is 0.0974. The maximum absolute atomic E-state index is 12.8. The third kappa shape index (κ3) is 2.68. The Labute approximate surface area is 138 Å². The fourth-order valence-electron chi connectivity index (χ4n) is 3.58. The van der Waals surface area contributed by atoms with Gasteiger partial charge in [-0.15, -0.1) is 0 Å². The molecule has 1 saturated heterocycles. The fraction of sp³-hybridized carbons (Fsp3) is 0.588. The van der Waals surface area contributed by atoms with Gasteiger partial charge in [-0.3, -0.25) is 4.79 Å². The summed E-state index contributed by atoms with van der Waals surface area (Å²) in [5, 5.41) is 0. The lowest BCUT2D eigenvalue weighted by atomic mass is 9.77. The van der Waals surface area contributed by atoms with Crippen LogP contribution in [-0.4, -0.2) is 38.3 Å². The lowest BCUT2D eigenvalue weighted by Crippen LogP contribution is -2.42. The highest BCUT2D eigenvalue weighted by atomic mass is 32.2. The van der Waals surface area contributed by atoms with Gasteiger partial charge >= 0.3 is 0 Å². The van der Waals surface area contributed by atoms with Gasteiger partial charge in [-0.2, -0.15) is 4.31 Å². The van der Waals surface area contributed by atoms with Gasteiger partial charge in [0, 0.05) is 37.2 Å². The van der Waals surface area contributed by atoms with Crippen molar-refractivity contribution in [1.82, 2.24) is 4.31 Å². The summed E-state index contributed by atoms with van der Waals surface area (Å²) in [6.07, 6.45) is 2.25. The largest absolute Gasteiger partial charge is 0.312 e. The van der Waals surface area contributed by atoms with Crippen LogP contribution in [-0.2, 0) is 20.2 Å². The van der Waals surface area contributed by atoms with Crippen molar-refractivity contribution in [1.29, 1.82) is 0 Å². The van der Waals surface area contributed by atoms with Crippen LogP contribution in [0.1, 0.15) is 45.6 Å². The highest BCUT2D eigenvalue weighted by Gasteiger charge is 2.37. The maximum atomic E-state index is 12.8. The van der Waals surface area contributed by atoms with Gasteiger partial charge in [0.1, 0.15) is 0 Å². The van der Waals surface area contributed by atoms with Crippen molar-refractivity contribution in [2.45, 2.75) is 50.3 Å². The first-order valence-corrected chi connectivity index (χ1v) is 9.66. The highest BCUT2D eigenvalue weighted by Crippen LogP contribution is 2.41. The average molecular weight is 336 g/mol. The molecule has 1 amide bonds. The molecule has 6 heteroatoms. The number of nitrogens with zero attached hydrogens (tertiary/aromatic N) is 2. The van der Waals surface area contributed by atoms with E-state index >= 15 is 0 Å². The number of fused-ring (bicyclic) bond motifs is 1. The standard InChI is InChI=1S/C17H24N2O3S/c1-4-19-15-8-7-13(23(21,22)18-9-5-6-10-18)11-14(15)17(2,3)12-16(19)20/h7-8,11H,4-6,9-10,12H2,1-3H3. The van der Waals surface area contributed by atoms with E-state index in [1.165, 1.54) is 0 Å². The quantitative estimate of drug-likeness (QED) is 0.852. The fourth-order valence-corrected chi connectivity index (χ4v) is 5.12. The smallest absolute Gasteiger partial charge is 0.243 e. The zero-order valence-electron chi connectivity index (χ0n) is 14.0. The van der Waals surface area contributed by atoms with E-state index in [9.17, 15) is 13.2 Å². The summed E-state index contributed by atoms with van der Waals surface area (Å²) in [7, 11) is -3.43. The molecule has 23 heavy (non-hydrogen) atoms. The number of anilines is 1. The lowest BCUT2D eigenvalue weighted by Gasteiger charge is -2.38. The number of carbonyl (C=O) groups is 1.